The van der Waals surface area contributed by atoms with E-state index in [0.29, 0.717) is 0 Å². The second-order valence-corrected chi connectivity index (χ2v) is 4.39. The van der Waals surface area contributed by atoms with Crippen molar-refractivity contribution in [3.63, 3.8) is 0 Å². The summed E-state index contributed by atoms with van der Waals surface area (Å²) >= 11 is 0. The SMILES string of the molecule is O=C(Cc1cc(O)ccc1F)N1CCCCC1. The number of benzene rings is 1. The van der Waals surface area contributed by atoms with E-state index < -0.39 is 5.82 Å². The van der Waals surface area contributed by atoms with Crippen molar-refractivity contribution in [2.24, 2.45) is 0 Å². The Morgan fingerprint density at radius 3 is 2.71 bits per heavy atom. The van der Waals surface area contributed by atoms with Gasteiger partial charge in [0.2, 0.25) is 5.91 Å². The minimum absolute atomic E-state index is 0.00663. The van der Waals surface area contributed by atoms with E-state index in [0.717, 1.165) is 32.4 Å². The van der Waals surface area contributed by atoms with Crippen LogP contribution in [0.3, 0.4) is 0 Å². The van der Waals surface area contributed by atoms with Crippen molar-refractivity contribution in [1.82, 2.24) is 4.90 Å². The molecule has 0 radical (unpaired) electrons. The molecule has 4 heteroatoms. The molecule has 1 amide bonds. The molecule has 2 rings (SSSR count). The topological polar surface area (TPSA) is 40.5 Å². The molecular formula is C13H16FNO2. The van der Waals surface area contributed by atoms with Crippen LogP contribution in [0.5, 0.6) is 5.75 Å². The molecule has 0 atom stereocenters. The van der Waals surface area contributed by atoms with Gasteiger partial charge < -0.3 is 10.0 Å². The number of aromatic hydroxyl groups is 1. The van der Waals surface area contributed by atoms with Gasteiger partial charge in [0.05, 0.1) is 6.42 Å². The molecule has 0 bridgehead atoms. The van der Waals surface area contributed by atoms with Crippen LogP contribution in [0.15, 0.2) is 18.2 Å². The first-order chi connectivity index (χ1) is 8.16. The monoisotopic (exact) mass is 237 g/mol. The summed E-state index contributed by atoms with van der Waals surface area (Å²) in [6, 6.07) is 3.79. The van der Waals surface area contributed by atoms with Crippen LogP contribution in [0.2, 0.25) is 0 Å². The number of phenolic OH excluding ortho intramolecular Hbond substituents is 1. The normalized spacial score (nSPS) is 15.9. The highest BCUT2D eigenvalue weighted by Gasteiger charge is 2.18. The predicted octanol–water partition coefficient (Wildman–Crippen LogP) is 2.09. The Balaban J connectivity index is 2.04. The molecule has 1 aliphatic rings. The number of carbonyl (C=O) groups is 1. The third-order valence-electron chi connectivity index (χ3n) is 3.08. The largest absolute Gasteiger partial charge is 0.508 e. The number of amides is 1. The van der Waals surface area contributed by atoms with E-state index in [4.69, 9.17) is 0 Å². The van der Waals surface area contributed by atoms with Gasteiger partial charge in [-0.2, -0.15) is 0 Å². The molecule has 92 valence electrons. The number of carbonyl (C=O) groups excluding carboxylic acids is 1. The standard InChI is InChI=1S/C13H16FNO2/c14-12-5-4-11(16)8-10(12)9-13(17)15-6-2-1-3-7-15/h4-5,8,16H,1-3,6-7,9H2. The number of phenols is 1. The third kappa shape index (κ3) is 2.96. The van der Waals surface area contributed by atoms with Gasteiger partial charge in [0.15, 0.2) is 0 Å². The van der Waals surface area contributed by atoms with Crippen molar-refractivity contribution in [3.8, 4) is 5.75 Å². The maximum absolute atomic E-state index is 13.4. The average Bonchev–Trinajstić information content (AvgIpc) is 2.35. The van der Waals surface area contributed by atoms with Crippen LogP contribution < -0.4 is 0 Å². The van der Waals surface area contributed by atoms with E-state index in [1.165, 1.54) is 18.2 Å². The first kappa shape index (κ1) is 11.9. The molecule has 17 heavy (non-hydrogen) atoms. The van der Waals surface area contributed by atoms with E-state index in [9.17, 15) is 14.3 Å². The molecule has 0 saturated carbocycles. The van der Waals surface area contributed by atoms with Crippen LogP contribution >= 0.6 is 0 Å². The summed E-state index contributed by atoms with van der Waals surface area (Å²) in [7, 11) is 0. The van der Waals surface area contributed by atoms with Crippen LogP contribution in [0.1, 0.15) is 24.8 Å². The minimum Gasteiger partial charge on any atom is -0.508 e. The average molecular weight is 237 g/mol. The number of nitrogens with zero attached hydrogens (tertiary/aromatic N) is 1. The van der Waals surface area contributed by atoms with E-state index in [1.807, 2.05) is 0 Å². The van der Waals surface area contributed by atoms with Crippen molar-refractivity contribution >= 4 is 5.91 Å². The highest BCUT2D eigenvalue weighted by molar-refractivity contribution is 5.79. The van der Waals surface area contributed by atoms with Gasteiger partial charge in [-0.15, -0.1) is 0 Å². The molecule has 1 fully saturated rings. The van der Waals surface area contributed by atoms with Crippen molar-refractivity contribution < 1.29 is 14.3 Å². The minimum atomic E-state index is -0.437. The summed E-state index contributed by atoms with van der Waals surface area (Å²) < 4.78 is 13.4. The van der Waals surface area contributed by atoms with E-state index in [-0.39, 0.29) is 23.6 Å². The Hall–Kier alpha value is -1.58. The maximum Gasteiger partial charge on any atom is 0.227 e. The van der Waals surface area contributed by atoms with Crippen molar-refractivity contribution in [1.29, 1.82) is 0 Å². The van der Waals surface area contributed by atoms with Crippen LogP contribution in [-0.2, 0) is 11.2 Å². The number of piperidine rings is 1. The molecule has 1 N–H and O–H groups in total. The number of hydrogen-bond acceptors (Lipinski definition) is 2. The van der Waals surface area contributed by atoms with E-state index in [1.54, 1.807) is 4.90 Å². The van der Waals surface area contributed by atoms with E-state index in [2.05, 4.69) is 0 Å². The van der Waals surface area contributed by atoms with Gasteiger partial charge in [-0.05, 0) is 37.5 Å². The molecule has 0 aromatic heterocycles. The van der Waals surface area contributed by atoms with Gasteiger partial charge in [-0.25, -0.2) is 4.39 Å². The zero-order valence-corrected chi connectivity index (χ0v) is 9.66. The molecule has 0 aliphatic carbocycles. The van der Waals surface area contributed by atoms with E-state index >= 15 is 0 Å². The van der Waals surface area contributed by atoms with Gasteiger partial charge in [0.1, 0.15) is 11.6 Å². The lowest BCUT2D eigenvalue weighted by Gasteiger charge is -2.26. The first-order valence-corrected chi connectivity index (χ1v) is 5.92. The van der Waals surface area contributed by atoms with Crippen LogP contribution in [-0.4, -0.2) is 29.0 Å². The van der Waals surface area contributed by atoms with Gasteiger partial charge in [0.25, 0.3) is 0 Å². The Kier molecular flexibility index (Phi) is 3.61. The highest BCUT2D eigenvalue weighted by atomic mass is 19.1. The quantitative estimate of drug-likeness (QED) is 0.855. The summed E-state index contributed by atoms with van der Waals surface area (Å²) in [5, 5.41) is 9.27. The lowest BCUT2D eigenvalue weighted by atomic mass is 10.1. The molecule has 0 spiro atoms. The lowest BCUT2D eigenvalue weighted by molar-refractivity contribution is -0.131. The smallest absolute Gasteiger partial charge is 0.227 e. The van der Waals surface area contributed by atoms with Gasteiger partial charge >= 0.3 is 0 Å². The second kappa shape index (κ2) is 5.17. The fourth-order valence-electron chi connectivity index (χ4n) is 2.11. The Morgan fingerprint density at radius 2 is 2.00 bits per heavy atom. The number of hydrogen-bond donors (Lipinski definition) is 1. The first-order valence-electron chi connectivity index (χ1n) is 5.92. The molecule has 1 heterocycles. The van der Waals surface area contributed by atoms with Crippen LogP contribution in [0.4, 0.5) is 4.39 Å². The predicted molar refractivity (Wildman–Crippen MR) is 62.2 cm³/mol. The summed E-state index contributed by atoms with van der Waals surface area (Å²) in [6.45, 7) is 1.53. The second-order valence-electron chi connectivity index (χ2n) is 4.39. The van der Waals surface area contributed by atoms with Crippen LogP contribution in [0.25, 0.3) is 0 Å². The molecule has 0 unspecified atom stereocenters. The lowest BCUT2D eigenvalue weighted by Crippen LogP contribution is -2.36. The van der Waals surface area contributed by atoms with Crippen molar-refractivity contribution in [2.75, 3.05) is 13.1 Å². The molecule has 1 saturated heterocycles. The Morgan fingerprint density at radius 1 is 1.29 bits per heavy atom. The maximum atomic E-state index is 13.4. The summed E-state index contributed by atoms with van der Waals surface area (Å²) in [5.74, 6) is -0.504. The summed E-state index contributed by atoms with van der Waals surface area (Å²) in [4.78, 5) is 13.7. The fraction of sp³-hybridized carbons (Fsp3) is 0.462. The third-order valence-corrected chi connectivity index (χ3v) is 3.08. The zero-order valence-electron chi connectivity index (χ0n) is 9.66. The Bertz CT molecular complexity index is 414. The molecule has 1 aromatic carbocycles. The van der Waals surface area contributed by atoms with Gasteiger partial charge in [-0.1, -0.05) is 0 Å². The van der Waals surface area contributed by atoms with Gasteiger partial charge in [-0.3, -0.25) is 4.79 Å². The number of rotatable bonds is 2. The van der Waals surface area contributed by atoms with Crippen molar-refractivity contribution in [2.45, 2.75) is 25.7 Å². The fourth-order valence-corrected chi connectivity index (χ4v) is 2.11. The summed E-state index contributed by atoms with van der Waals surface area (Å²) in [5.41, 5.74) is 0.264. The number of likely N-dealkylation sites (tertiary alicyclic amines) is 1. The molecule has 3 nitrogen and oxygen atoms in total. The van der Waals surface area contributed by atoms with Gasteiger partial charge in [0, 0.05) is 18.7 Å². The Labute approximate surface area is 99.9 Å². The van der Waals surface area contributed by atoms with Crippen molar-refractivity contribution in [3.05, 3.63) is 29.6 Å². The number of halogens is 1. The summed E-state index contributed by atoms with van der Waals surface area (Å²) in [6.07, 6.45) is 3.23. The zero-order chi connectivity index (χ0) is 12.3. The highest BCUT2D eigenvalue weighted by Crippen LogP contribution is 2.17. The molecule has 1 aliphatic heterocycles. The molecule has 1 aromatic rings. The van der Waals surface area contributed by atoms with Crippen LogP contribution in [0, 0.1) is 5.82 Å². The molecular weight excluding hydrogens is 221 g/mol.